The number of hydrogen-bond donors (Lipinski definition) is 0. The molecule has 0 aliphatic rings. The minimum atomic E-state index is 0.737. The smallest absolute Gasteiger partial charge is 0.0797 e. The molecule has 0 saturated heterocycles. The molecule has 2 nitrogen and oxygen atoms in total. The van der Waals surface area contributed by atoms with E-state index in [-0.39, 0.29) is 0 Å². The molecule has 0 unspecified atom stereocenters. The predicted molar refractivity (Wildman–Crippen MR) is 75.8 cm³/mol. The van der Waals surface area contributed by atoms with E-state index < -0.39 is 0 Å². The highest BCUT2D eigenvalue weighted by molar-refractivity contribution is 7.13. The van der Waals surface area contributed by atoms with Crippen molar-refractivity contribution in [1.29, 1.82) is 0 Å². The largest absolute Gasteiger partial charge is 0.264 e. The van der Waals surface area contributed by atoms with Gasteiger partial charge in [-0.1, -0.05) is 29.8 Å². The van der Waals surface area contributed by atoms with E-state index in [1.807, 2.05) is 36.7 Å². The van der Waals surface area contributed by atoms with Crippen molar-refractivity contribution >= 4 is 22.9 Å². The molecule has 2 heterocycles. The van der Waals surface area contributed by atoms with Gasteiger partial charge in [0.1, 0.15) is 0 Å². The summed E-state index contributed by atoms with van der Waals surface area (Å²) in [5.74, 6) is 0. The lowest BCUT2D eigenvalue weighted by molar-refractivity contribution is 1.33. The van der Waals surface area contributed by atoms with Gasteiger partial charge in [-0.2, -0.15) is 0 Å². The first-order valence-corrected chi connectivity index (χ1v) is 6.69. The molecule has 0 fully saturated rings. The van der Waals surface area contributed by atoms with Gasteiger partial charge in [-0.25, -0.2) is 0 Å². The lowest BCUT2D eigenvalue weighted by Crippen LogP contribution is -1.81. The van der Waals surface area contributed by atoms with Crippen LogP contribution >= 0.6 is 22.9 Å². The molecular formula is C14H9ClN2S. The fraction of sp³-hybridized carbons (Fsp3) is 0. The third-order valence-electron chi connectivity index (χ3n) is 2.66. The highest BCUT2D eigenvalue weighted by atomic mass is 35.5. The van der Waals surface area contributed by atoms with E-state index in [1.165, 1.54) is 0 Å². The average Bonchev–Trinajstić information content (AvgIpc) is 2.93. The van der Waals surface area contributed by atoms with Crippen LogP contribution in [0.3, 0.4) is 0 Å². The molecule has 0 aliphatic carbocycles. The van der Waals surface area contributed by atoms with Crippen LogP contribution in [0, 0.1) is 0 Å². The van der Waals surface area contributed by atoms with Crippen molar-refractivity contribution in [2.75, 3.05) is 0 Å². The van der Waals surface area contributed by atoms with E-state index in [4.69, 9.17) is 11.6 Å². The van der Waals surface area contributed by atoms with Crippen molar-refractivity contribution in [3.8, 4) is 21.6 Å². The van der Waals surface area contributed by atoms with Gasteiger partial charge in [-0.15, -0.1) is 11.3 Å². The monoisotopic (exact) mass is 272 g/mol. The van der Waals surface area contributed by atoms with Gasteiger partial charge in [0, 0.05) is 34.7 Å². The minimum absolute atomic E-state index is 0.737. The van der Waals surface area contributed by atoms with Crippen LogP contribution in [0.15, 0.2) is 54.4 Å². The molecule has 0 saturated carbocycles. The van der Waals surface area contributed by atoms with Crippen LogP contribution in [-0.4, -0.2) is 9.97 Å². The summed E-state index contributed by atoms with van der Waals surface area (Å²) in [6.07, 6.45) is 5.42. The molecular weight excluding hydrogens is 264 g/mol. The SMILES string of the molecule is Clc1cc(-c2cccnc2)ccc1-c1cncs1. The summed E-state index contributed by atoms with van der Waals surface area (Å²) in [6, 6.07) is 9.98. The Hall–Kier alpha value is -1.71. The summed E-state index contributed by atoms with van der Waals surface area (Å²) >= 11 is 7.91. The van der Waals surface area contributed by atoms with Crippen molar-refractivity contribution in [3.05, 3.63) is 59.5 Å². The van der Waals surface area contributed by atoms with E-state index in [1.54, 1.807) is 23.0 Å². The predicted octanol–water partition coefficient (Wildman–Crippen LogP) is 4.53. The van der Waals surface area contributed by atoms with Gasteiger partial charge in [-0.05, 0) is 17.7 Å². The Morgan fingerprint density at radius 1 is 1.00 bits per heavy atom. The topological polar surface area (TPSA) is 25.8 Å². The van der Waals surface area contributed by atoms with E-state index >= 15 is 0 Å². The summed E-state index contributed by atoms with van der Waals surface area (Å²) in [5, 5.41) is 0.737. The van der Waals surface area contributed by atoms with Gasteiger partial charge in [0.15, 0.2) is 0 Å². The van der Waals surface area contributed by atoms with Crippen LogP contribution in [0.2, 0.25) is 5.02 Å². The van der Waals surface area contributed by atoms with E-state index in [9.17, 15) is 0 Å². The number of thiazole rings is 1. The molecule has 0 bridgehead atoms. The van der Waals surface area contributed by atoms with Crippen molar-refractivity contribution in [2.24, 2.45) is 0 Å². The van der Waals surface area contributed by atoms with Gasteiger partial charge in [0.2, 0.25) is 0 Å². The summed E-state index contributed by atoms with van der Waals surface area (Å²) in [6.45, 7) is 0. The number of halogens is 1. The Morgan fingerprint density at radius 2 is 1.94 bits per heavy atom. The first-order chi connectivity index (χ1) is 8.84. The number of rotatable bonds is 2. The van der Waals surface area contributed by atoms with Crippen molar-refractivity contribution in [2.45, 2.75) is 0 Å². The quantitative estimate of drug-likeness (QED) is 0.685. The lowest BCUT2D eigenvalue weighted by atomic mass is 10.1. The van der Waals surface area contributed by atoms with Gasteiger partial charge >= 0.3 is 0 Å². The first kappa shape index (κ1) is 11.4. The second kappa shape index (κ2) is 4.88. The number of hydrogen-bond acceptors (Lipinski definition) is 3. The highest BCUT2D eigenvalue weighted by Crippen LogP contribution is 2.33. The minimum Gasteiger partial charge on any atom is -0.264 e. The molecule has 0 N–H and O–H groups in total. The van der Waals surface area contributed by atoms with Gasteiger partial charge in [0.05, 0.1) is 10.4 Å². The van der Waals surface area contributed by atoms with Gasteiger partial charge in [-0.3, -0.25) is 9.97 Å². The number of nitrogens with zero attached hydrogens (tertiary/aromatic N) is 2. The maximum absolute atomic E-state index is 6.33. The molecule has 4 heteroatoms. The normalized spacial score (nSPS) is 10.5. The zero-order valence-electron chi connectivity index (χ0n) is 9.38. The van der Waals surface area contributed by atoms with E-state index in [0.29, 0.717) is 0 Å². The molecule has 0 aliphatic heterocycles. The van der Waals surface area contributed by atoms with Crippen molar-refractivity contribution < 1.29 is 0 Å². The second-order valence-electron chi connectivity index (χ2n) is 3.80. The number of benzene rings is 1. The summed E-state index contributed by atoms with van der Waals surface area (Å²) in [5.41, 5.74) is 4.96. The summed E-state index contributed by atoms with van der Waals surface area (Å²) < 4.78 is 0. The van der Waals surface area contributed by atoms with Crippen LogP contribution in [0.4, 0.5) is 0 Å². The third-order valence-corrected chi connectivity index (χ3v) is 3.78. The van der Waals surface area contributed by atoms with Gasteiger partial charge in [0.25, 0.3) is 0 Å². The zero-order chi connectivity index (χ0) is 12.4. The Labute approximate surface area is 114 Å². The van der Waals surface area contributed by atoms with Crippen LogP contribution in [-0.2, 0) is 0 Å². The molecule has 2 aromatic heterocycles. The molecule has 3 rings (SSSR count). The van der Waals surface area contributed by atoms with Crippen LogP contribution in [0.1, 0.15) is 0 Å². The van der Waals surface area contributed by atoms with Crippen molar-refractivity contribution in [1.82, 2.24) is 9.97 Å². The molecule has 18 heavy (non-hydrogen) atoms. The Morgan fingerprint density at radius 3 is 2.61 bits per heavy atom. The van der Waals surface area contributed by atoms with E-state index in [2.05, 4.69) is 16.0 Å². The summed E-state index contributed by atoms with van der Waals surface area (Å²) in [4.78, 5) is 9.26. The fourth-order valence-corrected chi connectivity index (χ4v) is 2.78. The maximum Gasteiger partial charge on any atom is 0.0797 e. The molecule has 0 atom stereocenters. The van der Waals surface area contributed by atoms with Crippen LogP contribution in [0.5, 0.6) is 0 Å². The van der Waals surface area contributed by atoms with Crippen LogP contribution in [0.25, 0.3) is 21.6 Å². The standard InChI is InChI=1S/C14H9ClN2S/c15-13-6-10(11-2-1-5-16-7-11)3-4-12(13)14-8-17-9-18-14/h1-9H. The second-order valence-corrected chi connectivity index (χ2v) is 5.10. The first-order valence-electron chi connectivity index (χ1n) is 5.43. The Bertz CT molecular complexity index is 651. The zero-order valence-corrected chi connectivity index (χ0v) is 10.9. The Kier molecular flexibility index (Phi) is 3.09. The molecule has 3 aromatic rings. The third kappa shape index (κ3) is 2.15. The molecule has 0 spiro atoms. The summed E-state index contributed by atoms with van der Waals surface area (Å²) in [7, 11) is 0. The molecule has 0 radical (unpaired) electrons. The van der Waals surface area contributed by atoms with E-state index in [0.717, 1.165) is 26.6 Å². The lowest BCUT2D eigenvalue weighted by Gasteiger charge is -2.05. The molecule has 88 valence electrons. The number of pyridine rings is 1. The van der Waals surface area contributed by atoms with Crippen LogP contribution < -0.4 is 0 Å². The number of aromatic nitrogens is 2. The molecule has 1 aromatic carbocycles. The molecule has 0 amide bonds. The average molecular weight is 273 g/mol. The highest BCUT2D eigenvalue weighted by Gasteiger charge is 2.07. The maximum atomic E-state index is 6.33. The van der Waals surface area contributed by atoms with Gasteiger partial charge < -0.3 is 0 Å². The van der Waals surface area contributed by atoms with Crippen molar-refractivity contribution in [3.63, 3.8) is 0 Å². The fourth-order valence-electron chi connectivity index (χ4n) is 1.78. The Balaban J connectivity index is 2.05.